The highest BCUT2D eigenvalue weighted by Gasteiger charge is 2.67. The summed E-state index contributed by atoms with van der Waals surface area (Å²) < 4.78 is 70.9. The normalized spacial score (nSPS) is 29.1. The average molecular weight is 639 g/mol. The third-order valence-electron chi connectivity index (χ3n) is 11.3. The first-order valence-electron chi connectivity index (χ1n) is 16.1. The van der Waals surface area contributed by atoms with Gasteiger partial charge in [-0.3, -0.25) is 0 Å². The lowest BCUT2D eigenvalue weighted by Gasteiger charge is -2.46. The molecule has 0 spiro atoms. The fourth-order valence-electron chi connectivity index (χ4n) is 8.65. The van der Waals surface area contributed by atoms with Crippen LogP contribution in [-0.2, 0) is 34.3 Å². The summed E-state index contributed by atoms with van der Waals surface area (Å²) in [7, 11) is -6.49. The minimum Gasteiger partial charge on any atom is -0.459 e. The summed E-state index contributed by atoms with van der Waals surface area (Å²) in [5, 5.41) is 0. The number of esters is 1. The zero-order valence-corrected chi connectivity index (χ0v) is 27.9. The Morgan fingerprint density at radius 3 is 2.00 bits per heavy atom. The van der Waals surface area contributed by atoms with Gasteiger partial charge < -0.3 is 9.47 Å². The summed E-state index contributed by atoms with van der Waals surface area (Å²) in [4.78, 5) is 13.5. The number of hydrogen-bond donors (Lipinski definition) is 1. The van der Waals surface area contributed by atoms with E-state index in [0.717, 1.165) is 76.2 Å². The van der Waals surface area contributed by atoms with Gasteiger partial charge in [-0.05, 0) is 75.3 Å². The maximum atomic E-state index is 14.6. The lowest BCUT2D eigenvalue weighted by Crippen LogP contribution is -2.55. The fourth-order valence-corrected chi connectivity index (χ4v) is 12.6. The molecular weight excluding hydrogens is 588 g/mol. The molecule has 5 rings (SSSR count). The Kier molecular flexibility index (Phi) is 9.70. The van der Waals surface area contributed by atoms with Crippen LogP contribution in [0.4, 0.5) is 0 Å². The van der Waals surface area contributed by atoms with Crippen LogP contribution in [0.15, 0.2) is 29.2 Å². The number of fused-ring (bicyclic) bond motifs is 2. The number of sulfonamides is 2. The minimum atomic E-state index is -4.06. The number of aryl methyl sites for hydroxylation is 1. The molecule has 4 aliphatic carbocycles. The molecule has 0 amide bonds. The van der Waals surface area contributed by atoms with Crippen LogP contribution in [0.1, 0.15) is 103 Å². The molecule has 0 saturated heterocycles. The second-order valence-corrected chi connectivity index (χ2v) is 17.6. The third kappa shape index (κ3) is 6.44. The SMILES string of the molecule is CO[C@@H](NS(=O)(=O)c1ccc(C)cc1)C(=O)O[C@@H]1C[C@H]2CC[C@]1(CS(=O)(=O)N(C1CCCCC1)C1CCCCC1)C2(C)C. The summed E-state index contributed by atoms with van der Waals surface area (Å²) in [5.74, 6) is -0.690. The molecule has 2 bridgehead atoms. The molecule has 9 nitrogen and oxygen atoms in total. The van der Waals surface area contributed by atoms with Crippen molar-refractivity contribution in [1.82, 2.24) is 9.03 Å². The standard InChI is InChI=1S/C32H50N2O7S2/c1-23-15-17-27(18-16-23)43(38,39)33-29(40-4)30(35)41-28-21-24-19-20-32(28,31(24,2)3)22-42(36,37)34(25-11-7-5-8-12-25)26-13-9-6-10-14-26/h15-18,24-26,28-29,33H,5-14,19-22H2,1-4H3/t24-,28-,29-,32-/m1/s1. The van der Waals surface area contributed by atoms with Gasteiger partial charge in [-0.15, -0.1) is 0 Å². The third-order valence-corrected chi connectivity index (χ3v) is 14.8. The van der Waals surface area contributed by atoms with Crippen molar-refractivity contribution >= 4 is 26.0 Å². The van der Waals surface area contributed by atoms with E-state index in [9.17, 15) is 21.6 Å². The van der Waals surface area contributed by atoms with E-state index in [1.165, 1.54) is 19.2 Å². The molecule has 0 unspecified atom stereocenters. The minimum absolute atomic E-state index is 0.0158. The van der Waals surface area contributed by atoms with E-state index >= 15 is 0 Å². The molecule has 0 radical (unpaired) electrons. The number of nitrogens with zero attached hydrogens (tertiary/aromatic N) is 1. The Morgan fingerprint density at radius 1 is 0.930 bits per heavy atom. The van der Waals surface area contributed by atoms with Crippen LogP contribution < -0.4 is 4.72 Å². The van der Waals surface area contributed by atoms with Gasteiger partial charge in [-0.25, -0.2) is 21.6 Å². The van der Waals surface area contributed by atoms with Gasteiger partial charge in [-0.2, -0.15) is 9.03 Å². The first kappa shape index (κ1) is 32.9. The zero-order chi connectivity index (χ0) is 31.0. The van der Waals surface area contributed by atoms with E-state index in [2.05, 4.69) is 18.6 Å². The van der Waals surface area contributed by atoms with Gasteiger partial charge in [0, 0.05) is 24.6 Å². The number of benzene rings is 1. The van der Waals surface area contributed by atoms with Crippen LogP contribution in [0.25, 0.3) is 0 Å². The number of hydrogen-bond acceptors (Lipinski definition) is 7. The van der Waals surface area contributed by atoms with Gasteiger partial charge in [0.1, 0.15) is 6.10 Å². The summed E-state index contributed by atoms with van der Waals surface area (Å²) in [6.45, 7) is 6.09. The summed E-state index contributed by atoms with van der Waals surface area (Å²) >= 11 is 0. The Bertz CT molecular complexity index is 1330. The van der Waals surface area contributed by atoms with E-state index in [4.69, 9.17) is 9.47 Å². The van der Waals surface area contributed by atoms with Crippen molar-refractivity contribution in [2.45, 2.75) is 134 Å². The first-order valence-corrected chi connectivity index (χ1v) is 19.2. The van der Waals surface area contributed by atoms with Crippen LogP contribution in [0.5, 0.6) is 0 Å². The molecule has 0 aromatic heterocycles. The second-order valence-electron chi connectivity index (χ2n) is 14.0. The van der Waals surface area contributed by atoms with Gasteiger partial charge in [0.25, 0.3) is 0 Å². The highest BCUT2D eigenvalue weighted by atomic mass is 32.2. The number of carbonyl (C=O) groups excluding carboxylic acids is 1. The second kappa shape index (κ2) is 12.7. The zero-order valence-electron chi connectivity index (χ0n) is 26.2. The molecular formula is C32H50N2O7S2. The van der Waals surface area contributed by atoms with Crippen LogP contribution >= 0.6 is 0 Å². The highest BCUT2D eigenvalue weighted by molar-refractivity contribution is 7.89. The van der Waals surface area contributed by atoms with Gasteiger partial charge in [-0.1, -0.05) is 70.1 Å². The molecule has 4 atom stereocenters. The lowest BCUT2D eigenvalue weighted by molar-refractivity contribution is -0.169. The maximum Gasteiger partial charge on any atom is 0.351 e. The van der Waals surface area contributed by atoms with Crippen molar-refractivity contribution < 1.29 is 31.1 Å². The van der Waals surface area contributed by atoms with E-state index in [1.807, 2.05) is 11.2 Å². The molecule has 43 heavy (non-hydrogen) atoms. The van der Waals surface area contributed by atoms with Crippen LogP contribution in [0, 0.1) is 23.7 Å². The molecule has 0 aliphatic heterocycles. The van der Waals surface area contributed by atoms with Gasteiger partial charge in [0.2, 0.25) is 26.3 Å². The topological polar surface area (TPSA) is 119 Å². The molecule has 1 N–H and O–H groups in total. The smallest absolute Gasteiger partial charge is 0.351 e. The number of methoxy groups -OCH3 is 1. The molecule has 0 heterocycles. The molecule has 4 saturated carbocycles. The molecule has 242 valence electrons. The maximum absolute atomic E-state index is 14.6. The number of nitrogens with one attached hydrogen (secondary N) is 1. The molecule has 4 aliphatic rings. The van der Waals surface area contributed by atoms with Crippen molar-refractivity contribution in [3.63, 3.8) is 0 Å². The Morgan fingerprint density at radius 2 is 1.49 bits per heavy atom. The summed E-state index contributed by atoms with van der Waals surface area (Å²) in [5.41, 5.74) is -0.215. The van der Waals surface area contributed by atoms with Crippen molar-refractivity contribution in [3.05, 3.63) is 29.8 Å². The number of rotatable bonds is 11. The van der Waals surface area contributed by atoms with Gasteiger partial charge >= 0.3 is 5.97 Å². The monoisotopic (exact) mass is 638 g/mol. The van der Waals surface area contributed by atoms with Crippen LogP contribution in [0.2, 0.25) is 0 Å². The molecule has 4 fully saturated rings. The quantitative estimate of drug-likeness (QED) is 0.259. The average Bonchev–Trinajstić information content (AvgIpc) is 3.32. The molecule has 1 aromatic carbocycles. The Balaban J connectivity index is 1.38. The number of carbonyl (C=O) groups is 1. The van der Waals surface area contributed by atoms with Gasteiger partial charge in [0.15, 0.2) is 0 Å². The van der Waals surface area contributed by atoms with Crippen molar-refractivity contribution in [3.8, 4) is 0 Å². The Hall–Kier alpha value is -1.53. The summed E-state index contributed by atoms with van der Waals surface area (Å²) in [6.07, 6.45) is 10.0. The van der Waals surface area contributed by atoms with E-state index in [0.29, 0.717) is 12.8 Å². The predicted octanol–water partition coefficient (Wildman–Crippen LogP) is 5.28. The van der Waals surface area contributed by atoms with E-state index < -0.39 is 43.8 Å². The highest BCUT2D eigenvalue weighted by Crippen LogP contribution is 2.67. The fraction of sp³-hybridized carbons (Fsp3) is 0.781. The lowest BCUT2D eigenvalue weighted by atomic mass is 9.69. The summed E-state index contributed by atoms with van der Waals surface area (Å²) in [6, 6.07) is 6.38. The predicted molar refractivity (Wildman–Crippen MR) is 165 cm³/mol. The van der Waals surface area contributed by atoms with Crippen LogP contribution in [-0.4, -0.2) is 64.4 Å². The van der Waals surface area contributed by atoms with Gasteiger partial charge in [0.05, 0.1) is 10.6 Å². The van der Waals surface area contributed by atoms with Crippen molar-refractivity contribution in [2.24, 2.45) is 16.7 Å². The van der Waals surface area contributed by atoms with E-state index in [1.54, 1.807) is 12.1 Å². The van der Waals surface area contributed by atoms with E-state index in [-0.39, 0.29) is 34.1 Å². The Labute approximate surface area is 258 Å². The van der Waals surface area contributed by atoms with Crippen molar-refractivity contribution in [2.75, 3.05) is 12.9 Å². The molecule has 11 heteroatoms. The molecule has 1 aromatic rings. The van der Waals surface area contributed by atoms with Crippen LogP contribution in [0.3, 0.4) is 0 Å². The van der Waals surface area contributed by atoms with Crippen molar-refractivity contribution in [1.29, 1.82) is 0 Å². The number of ether oxygens (including phenoxy) is 2. The largest absolute Gasteiger partial charge is 0.459 e. The first-order chi connectivity index (χ1) is 20.3.